The van der Waals surface area contributed by atoms with E-state index >= 15 is 0 Å². The minimum atomic E-state index is -5.19. The van der Waals surface area contributed by atoms with Crippen LogP contribution in [0.1, 0.15) is 12.1 Å². The number of ether oxygens (including phenoxy) is 2. The fourth-order valence-electron chi connectivity index (χ4n) is 4.74. The lowest BCUT2D eigenvalue weighted by Gasteiger charge is -2.28. The van der Waals surface area contributed by atoms with Crippen molar-refractivity contribution in [1.29, 1.82) is 0 Å². The number of carbonyl (C=O) groups is 2. The maximum Gasteiger partial charge on any atom is 0.430 e. The Labute approximate surface area is 292 Å². The summed E-state index contributed by atoms with van der Waals surface area (Å²) in [6.45, 7) is 1.75. The number of likely N-dealkylation sites (N-methyl/N-ethyl adjacent to an activating group) is 1. The van der Waals surface area contributed by atoms with Gasteiger partial charge in [-0.05, 0) is 40.2 Å². The number of aryl methyl sites for hydroxylation is 1. The second-order valence-electron chi connectivity index (χ2n) is 11.8. The van der Waals surface area contributed by atoms with Gasteiger partial charge in [0.05, 0.1) is 50.1 Å². The lowest BCUT2D eigenvalue weighted by Crippen LogP contribution is -2.39. The fraction of sp³-hybridized carbons (Fsp3) is 0.323. The molecule has 1 atom stereocenters. The zero-order chi connectivity index (χ0) is 37.5. The number of aliphatic carboxylic acids is 1. The molecule has 1 saturated heterocycles. The summed E-state index contributed by atoms with van der Waals surface area (Å²) in [6.07, 6.45) is 1.24. The van der Waals surface area contributed by atoms with Crippen molar-refractivity contribution in [2.45, 2.75) is 25.2 Å². The Morgan fingerprint density at radius 2 is 1.94 bits per heavy atom. The van der Waals surface area contributed by atoms with Gasteiger partial charge in [-0.1, -0.05) is 11.6 Å². The van der Waals surface area contributed by atoms with Crippen LogP contribution in [0.4, 0.5) is 40.6 Å². The third-order valence-electron chi connectivity index (χ3n) is 7.25. The van der Waals surface area contributed by atoms with E-state index in [1.807, 2.05) is 14.1 Å². The molecule has 0 bridgehead atoms. The number of halogens is 5. The van der Waals surface area contributed by atoms with E-state index in [4.69, 9.17) is 31.0 Å². The summed E-state index contributed by atoms with van der Waals surface area (Å²) < 4.78 is 58.9. The number of carboxylic acids is 1. The molecule has 3 heterocycles. The van der Waals surface area contributed by atoms with Crippen LogP contribution in [0.25, 0.3) is 10.9 Å². The predicted octanol–water partition coefficient (Wildman–Crippen LogP) is 4.05. The van der Waals surface area contributed by atoms with E-state index in [9.17, 15) is 32.5 Å². The second kappa shape index (κ2) is 16.1. The Morgan fingerprint density at radius 1 is 1.22 bits per heavy atom. The van der Waals surface area contributed by atoms with E-state index in [1.54, 1.807) is 29.8 Å². The Morgan fingerprint density at radius 3 is 2.57 bits per heavy atom. The first-order valence-electron chi connectivity index (χ1n) is 14.9. The third kappa shape index (κ3) is 10.5. The summed E-state index contributed by atoms with van der Waals surface area (Å²) in [7, 11) is 5.52. The molecule has 272 valence electrons. The van der Waals surface area contributed by atoms with Gasteiger partial charge in [0, 0.05) is 36.7 Å². The number of fused-ring (bicyclic) bond motifs is 1. The Kier molecular flexibility index (Phi) is 12.1. The van der Waals surface area contributed by atoms with Crippen LogP contribution < -0.4 is 20.5 Å². The van der Waals surface area contributed by atoms with Gasteiger partial charge in [-0.3, -0.25) is 4.79 Å². The minimum Gasteiger partial charge on any atom is -0.542 e. The lowest BCUT2D eigenvalue weighted by molar-refractivity contribution is -0.898. The highest BCUT2D eigenvalue weighted by atomic mass is 35.5. The van der Waals surface area contributed by atoms with Crippen molar-refractivity contribution in [3.05, 3.63) is 81.8 Å². The molecule has 5 rings (SSSR count). The van der Waals surface area contributed by atoms with Gasteiger partial charge in [-0.25, -0.2) is 14.4 Å². The quantitative estimate of drug-likeness (QED) is 0.0744. The molecule has 1 aliphatic heterocycles. The topological polar surface area (TPSA) is 186 Å². The van der Waals surface area contributed by atoms with Gasteiger partial charge in [0.2, 0.25) is 12.2 Å². The van der Waals surface area contributed by atoms with Gasteiger partial charge < -0.3 is 49.2 Å². The first-order chi connectivity index (χ1) is 23.9. The van der Waals surface area contributed by atoms with Gasteiger partial charge in [0.1, 0.15) is 42.3 Å². The maximum atomic E-state index is 13.7. The number of carboxylic acid groups (broad SMARTS) is 1. The molecule has 0 radical (unpaired) electrons. The number of alkyl halides is 3. The highest BCUT2D eigenvalue weighted by Gasteiger charge is 2.29. The van der Waals surface area contributed by atoms with Crippen LogP contribution >= 0.6 is 11.6 Å². The van der Waals surface area contributed by atoms with Crippen LogP contribution in [0.15, 0.2) is 55.1 Å². The largest absolute Gasteiger partial charge is 0.542 e. The van der Waals surface area contributed by atoms with Crippen molar-refractivity contribution in [2.24, 2.45) is 7.05 Å². The van der Waals surface area contributed by atoms with Crippen molar-refractivity contribution < 1.29 is 51.1 Å². The molecular formula is C31H31ClF4N8O7. The summed E-state index contributed by atoms with van der Waals surface area (Å²) in [5.74, 6) is -3.29. The molecule has 2 N–H and O–H groups in total. The number of amides is 1. The molecule has 2 aromatic carbocycles. The number of hydrogen-bond donors (Lipinski definition) is 2. The number of anilines is 3. The summed E-state index contributed by atoms with van der Waals surface area (Å²) in [5, 5.41) is 26.7. The fourth-order valence-corrected chi connectivity index (χ4v) is 4.92. The Balaban J connectivity index is 0.000000755. The number of carbonyl (C=O) groups excluding carboxylic acids is 2. The minimum absolute atomic E-state index is 0.0390. The maximum absolute atomic E-state index is 13.7. The van der Waals surface area contributed by atoms with Crippen molar-refractivity contribution in [1.82, 2.24) is 19.5 Å². The van der Waals surface area contributed by atoms with Gasteiger partial charge in [-0.15, -0.1) is 0 Å². The average molecular weight is 739 g/mol. The van der Waals surface area contributed by atoms with Crippen molar-refractivity contribution in [3.63, 3.8) is 0 Å². The van der Waals surface area contributed by atoms with Crippen molar-refractivity contribution >= 4 is 57.4 Å². The zero-order valence-corrected chi connectivity index (χ0v) is 28.0. The molecule has 0 spiro atoms. The molecule has 1 aliphatic rings. The number of hydrogen-bond acceptors (Lipinski definition) is 11. The predicted molar refractivity (Wildman–Crippen MR) is 173 cm³/mol. The lowest BCUT2D eigenvalue weighted by atomic mass is 10.1. The van der Waals surface area contributed by atoms with Gasteiger partial charge in [0.15, 0.2) is 5.69 Å². The van der Waals surface area contributed by atoms with E-state index in [0.29, 0.717) is 76.7 Å². The first-order valence-corrected chi connectivity index (χ1v) is 15.3. The number of benzene rings is 2. The monoisotopic (exact) mass is 738 g/mol. The smallest absolute Gasteiger partial charge is 0.430 e. The Hall–Kier alpha value is -5.40. The molecule has 0 saturated carbocycles. The third-order valence-corrected chi connectivity index (χ3v) is 7.54. The number of imidazole rings is 1. The molecule has 0 aliphatic carbocycles. The summed E-state index contributed by atoms with van der Waals surface area (Å²) >= 11 is 5.95. The molecule has 0 unspecified atom stereocenters. The standard InChI is InChI=1S/C29H30ClFN8O5.C2HF3O2/c1-37-17-34-29(38(41)42)25(37)14-39(2,3)9-4-5-27(40)36-24-12-20-23(13-26(24)44-19-8-10-43-15-19)32-16-33-28(20)35-18-6-7-22(31)21(30)11-18;3-2(4,5)1(6)7/h4-7,11-13,16-17,19H,8-10,14-15H2,1-3H3,(H-,32,33,35,36,40);(H,6,7)/b5-4+;/t19-;/m0./s1. The van der Waals surface area contributed by atoms with E-state index < -0.39 is 28.8 Å². The summed E-state index contributed by atoms with van der Waals surface area (Å²) in [5.41, 5.74) is 1.96. The van der Waals surface area contributed by atoms with Crippen LogP contribution in [0.2, 0.25) is 5.02 Å². The SMILES string of the molecule is Cn1cnc([N+](=O)[O-])c1C[N+](C)(C)C/C=C/C(=O)Nc1cc2c(Nc3ccc(F)c(Cl)c3)ncnc2cc1O[C@H]1CCOC1.O=C([O-])C(F)(F)F. The van der Waals surface area contributed by atoms with Crippen LogP contribution in [-0.4, -0.2) is 86.9 Å². The molecule has 1 amide bonds. The van der Waals surface area contributed by atoms with Crippen LogP contribution in [-0.2, 0) is 27.9 Å². The normalized spacial score (nSPS) is 14.6. The molecule has 15 nitrogen and oxygen atoms in total. The molecule has 20 heteroatoms. The molecule has 1 fully saturated rings. The van der Waals surface area contributed by atoms with E-state index in [2.05, 4.69) is 25.6 Å². The van der Waals surface area contributed by atoms with E-state index in [1.165, 1.54) is 36.9 Å². The van der Waals surface area contributed by atoms with E-state index in [0.717, 1.165) is 0 Å². The number of nitro groups is 1. The van der Waals surface area contributed by atoms with Crippen molar-refractivity contribution in [3.8, 4) is 5.75 Å². The average Bonchev–Trinajstić information content (AvgIpc) is 3.68. The van der Waals surface area contributed by atoms with Crippen LogP contribution in [0, 0.1) is 15.9 Å². The Bertz CT molecular complexity index is 1950. The number of aromatic nitrogens is 4. The number of nitrogens with one attached hydrogen (secondary N) is 2. The van der Waals surface area contributed by atoms with Crippen LogP contribution in [0.3, 0.4) is 0 Å². The molecule has 51 heavy (non-hydrogen) atoms. The van der Waals surface area contributed by atoms with E-state index in [-0.39, 0.29) is 16.9 Å². The highest BCUT2D eigenvalue weighted by molar-refractivity contribution is 6.31. The van der Waals surface area contributed by atoms with Gasteiger partial charge in [0.25, 0.3) is 0 Å². The van der Waals surface area contributed by atoms with Gasteiger partial charge in [-0.2, -0.15) is 13.2 Å². The zero-order valence-electron chi connectivity index (χ0n) is 27.2. The van der Waals surface area contributed by atoms with Gasteiger partial charge >= 0.3 is 12.0 Å². The molecular weight excluding hydrogens is 708 g/mol. The second-order valence-corrected chi connectivity index (χ2v) is 12.2. The first kappa shape index (κ1) is 38.4. The van der Waals surface area contributed by atoms with Crippen molar-refractivity contribution in [2.75, 3.05) is 44.5 Å². The number of quaternary nitrogens is 1. The number of nitrogens with zero attached hydrogens (tertiary/aromatic N) is 6. The summed E-state index contributed by atoms with van der Waals surface area (Å²) in [6, 6.07) is 7.66. The number of rotatable bonds is 11. The summed E-state index contributed by atoms with van der Waals surface area (Å²) in [4.78, 5) is 45.3. The highest BCUT2D eigenvalue weighted by Crippen LogP contribution is 2.35. The molecule has 2 aromatic heterocycles. The van der Waals surface area contributed by atoms with Crippen LogP contribution in [0.5, 0.6) is 5.75 Å². The molecule has 4 aromatic rings.